The third-order valence-corrected chi connectivity index (χ3v) is 11.9. The molecule has 0 amide bonds. The molecule has 0 saturated carbocycles. The molecule has 2 aliphatic rings. The Bertz CT molecular complexity index is 935. The molecular weight excluding hydrogens is 402 g/mol. The van der Waals surface area contributed by atoms with Crippen molar-refractivity contribution in [3.63, 3.8) is 0 Å². The molecule has 166 valence electrons. The minimum absolute atomic E-state index is 0.0698. The summed E-state index contributed by atoms with van der Waals surface area (Å²) in [6.07, 6.45) is -0.194. The molecule has 2 aromatic carbocycles. The largest absolute Gasteiger partial charge is 0.544 e. The van der Waals surface area contributed by atoms with Crippen molar-refractivity contribution in [3.8, 4) is 5.75 Å². The molecule has 31 heavy (non-hydrogen) atoms. The Morgan fingerprint density at radius 1 is 1.10 bits per heavy atom. The molecular formula is C26H35NO3Si. The third-order valence-electron chi connectivity index (χ3n) is 7.53. The van der Waals surface area contributed by atoms with Crippen LogP contribution in [0.1, 0.15) is 44.9 Å². The summed E-state index contributed by atoms with van der Waals surface area (Å²) < 4.78 is 12.3. The molecule has 1 unspecified atom stereocenters. The summed E-state index contributed by atoms with van der Waals surface area (Å²) >= 11 is 0. The summed E-state index contributed by atoms with van der Waals surface area (Å²) in [6, 6.07) is 18.7. The molecule has 2 aliphatic heterocycles. The smallest absolute Gasteiger partial charge is 0.314 e. The van der Waals surface area contributed by atoms with Gasteiger partial charge in [0.1, 0.15) is 11.9 Å². The van der Waals surface area contributed by atoms with Crippen LogP contribution in [0, 0.1) is 11.3 Å². The average molecular weight is 438 g/mol. The number of ether oxygens (including phenoxy) is 1. The van der Waals surface area contributed by atoms with Gasteiger partial charge in [-0.1, -0.05) is 63.2 Å². The van der Waals surface area contributed by atoms with Crippen LogP contribution < -0.4 is 4.43 Å². The summed E-state index contributed by atoms with van der Waals surface area (Å²) in [7, 11) is -1.88. The van der Waals surface area contributed by atoms with E-state index in [4.69, 9.17) is 9.16 Å². The van der Waals surface area contributed by atoms with E-state index >= 15 is 0 Å². The highest BCUT2D eigenvalue weighted by atomic mass is 28.4. The Morgan fingerprint density at radius 3 is 2.35 bits per heavy atom. The monoisotopic (exact) mass is 437 g/mol. The lowest BCUT2D eigenvalue weighted by atomic mass is 9.78. The Kier molecular flexibility index (Phi) is 5.55. The van der Waals surface area contributed by atoms with Crippen LogP contribution >= 0.6 is 0 Å². The summed E-state index contributed by atoms with van der Waals surface area (Å²) in [5.74, 6) is 0.995. The van der Waals surface area contributed by atoms with Crippen molar-refractivity contribution in [3.05, 3.63) is 65.7 Å². The molecule has 4 rings (SSSR count). The van der Waals surface area contributed by atoms with Crippen molar-refractivity contribution in [2.45, 2.75) is 58.5 Å². The molecule has 2 fully saturated rings. The summed E-state index contributed by atoms with van der Waals surface area (Å²) in [5, 5.41) is 0.153. The normalized spacial score (nSPS) is 26.6. The van der Waals surface area contributed by atoms with E-state index in [2.05, 4.69) is 82.1 Å². The quantitative estimate of drug-likeness (QED) is 0.437. The first kappa shape index (κ1) is 22.1. The van der Waals surface area contributed by atoms with E-state index in [1.807, 2.05) is 18.2 Å². The molecule has 0 aromatic heterocycles. The molecule has 3 atom stereocenters. The van der Waals surface area contributed by atoms with Crippen LogP contribution in [0.5, 0.6) is 5.75 Å². The number of fused-ring (bicyclic) bond motifs is 1. The van der Waals surface area contributed by atoms with Crippen LogP contribution in [0.3, 0.4) is 0 Å². The first-order valence-electron chi connectivity index (χ1n) is 11.3. The van der Waals surface area contributed by atoms with Crippen molar-refractivity contribution in [2.75, 3.05) is 13.1 Å². The fourth-order valence-corrected chi connectivity index (χ4v) is 5.57. The van der Waals surface area contributed by atoms with Gasteiger partial charge >= 0.3 is 5.97 Å². The Hall–Kier alpha value is -2.11. The summed E-state index contributed by atoms with van der Waals surface area (Å²) in [4.78, 5) is 15.2. The first-order valence-corrected chi connectivity index (χ1v) is 14.2. The second kappa shape index (κ2) is 7.79. The fourth-order valence-electron chi connectivity index (χ4n) is 4.54. The lowest BCUT2D eigenvalue weighted by molar-refractivity contribution is -0.148. The number of rotatable bonds is 5. The Morgan fingerprint density at radius 2 is 1.74 bits per heavy atom. The molecule has 0 bridgehead atoms. The Balaban J connectivity index is 1.49. The van der Waals surface area contributed by atoms with Crippen molar-refractivity contribution in [1.82, 2.24) is 4.90 Å². The van der Waals surface area contributed by atoms with E-state index in [9.17, 15) is 4.79 Å². The summed E-state index contributed by atoms with van der Waals surface area (Å²) in [5.41, 5.74) is 1.89. The number of likely N-dealkylation sites (tertiary alicyclic amines) is 1. The van der Waals surface area contributed by atoms with Gasteiger partial charge in [-0.25, -0.2) is 0 Å². The number of hydrogen-bond donors (Lipinski definition) is 0. The van der Waals surface area contributed by atoms with Gasteiger partial charge < -0.3 is 9.16 Å². The molecule has 0 aliphatic carbocycles. The third kappa shape index (κ3) is 4.18. The molecule has 0 N–H and O–H groups in total. The molecule has 0 radical (unpaired) electrons. The number of nitrogens with zero attached hydrogens (tertiary/aromatic N) is 1. The van der Waals surface area contributed by atoms with E-state index in [1.54, 1.807) is 0 Å². The zero-order valence-electron chi connectivity index (χ0n) is 19.6. The lowest BCUT2D eigenvalue weighted by Crippen LogP contribution is -2.43. The van der Waals surface area contributed by atoms with Gasteiger partial charge in [-0.2, -0.15) is 0 Å². The first-order chi connectivity index (χ1) is 14.5. The number of carbonyl (C=O) groups excluding carboxylic acids is 1. The van der Waals surface area contributed by atoms with E-state index in [0.717, 1.165) is 30.9 Å². The molecule has 0 spiro atoms. The van der Waals surface area contributed by atoms with Gasteiger partial charge in [-0.15, -0.1) is 0 Å². The maximum atomic E-state index is 12.9. The number of benzene rings is 2. The second-order valence-electron chi connectivity index (χ2n) is 10.9. The molecule has 4 nitrogen and oxygen atoms in total. The van der Waals surface area contributed by atoms with E-state index in [0.29, 0.717) is 0 Å². The minimum Gasteiger partial charge on any atom is -0.544 e. The van der Waals surface area contributed by atoms with Crippen LogP contribution in [0.15, 0.2) is 54.6 Å². The van der Waals surface area contributed by atoms with Crippen molar-refractivity contribution < 1.29 is 14.0 Å². The zero-order valence-corrected chi connectivity index (χ0v) is 20.6. The standard InChI is InChI=1S/C26H35NO3Si/c1-25(2,3)31(5,6)30-21-14-12-20(13-15-21)23-22-17-27(16-19-10-8-7-9-11-19)18-26(22,4)24(28)29-23/h7-15,22-23H,16-18H2,1-6H3/t22-,23?,26-/m0/s1. The number of cyclic esters (lactones) is 1. The highest BCUT2D eigenvalue weighted by molar-refractivity contribution is 6.74. The van der Waals surface area contributed by atoms with E-state index < -0.39 is 13.7 Å². The van der Waals surface area contributed by atoms with Crippen LogP contribution in [-0.4, -0.2) is 32.3 Å². The highest BCUT2D eigenvalue weighted by Crippen LogP contribution is 2.52. The number of carbonyl (C=O) groups is 1. The maximum Gasteiger partial charge on any atom is 0.314 e. The van der Waals surface area contributed by atoms with E-state index in [1.165, 1.54) is 5.56 Å². The SMILES string of the molecule is CC(C)(C)[Si](C)(C)Oc1ccc(C2OC(=O)[C@@]3(C)CN(Cc4ccccc4)C[C@@H]23)cc1. The van der Waals surface area contributed by atoms with Crippen LogP contribution in [0.4, 0.5) is 0 Å². The zero-order chi connectivity index (χ0) is 22.4. The average Bonchev–Trinajstić information content (AvgIpc) is 3.14. The van der Waals surface area contributed by atoms with Gasteiger partial charge in [-0.05, 0) is 48.3 Å². The molecule has 2 heterocycles. The van der Waals surface area contributed by atoms with Gasteiger partial charge in [0.15, 0.2) is 0 Å². The minimum atomic E-state index is -1.88. The number of hydrogen-bond acceptors (Lipinski definition) is 4. The van der Waals surface area contributed by atoms with Crippen molar-refractivity contribution in [2.24, 2.45) is 11.3 Å². The lowest BCUT2D eigenvalue weighted by Gasteiger charge is -2.36. The van der Waals surface area contributed by atoms with Crippen LogP contribution in [-0.2, 0) is 16.1 Å². The van der Waals surface area contributed by atoms with Crippen molar-refractivity contribution >= 4 is 14.3 Å². The van der Waals surface area contributed by atoms with E-state index in [-0.39, 0.29) is 23.0 Å². The summed E-state index contributed by atoms with van der Waals surface area (Å²) in [6.45, 7) is 15.8. The van der Waals surface area contributed by atoms with Gasteiger partial charge in [-0.3, -0.25) is 9.69 Å². The van der Waals surface area contributed by atoms with Crippen LogP contribution in [0.25, 0.3) is 0 Å². The molecule has 5 heteroatoms. The van der Waals surface area contributed by atoms with Gasteiger partial charge in [0.25, 0.3) is 0 Å². The predicted octanol–water partition coefficient (Wildman–Crippen LogP) is 5.81. The van der Waals surface area contributed by atoms with Gasteiger partial charge in [0, 0.05) is 25.6 Å². The maximum absolute atomic E-state index is 12.9. The van der Waals surface area contributed by atoms with Gasteiger partial charge in [0.2, 0.25) is 8.32 Å². The topological polar surface area (TPSA) is 38.8 Å². The van der Waals surface area contributed by atoms with Crippen molar-refractivity contribution in [1.29, 1.82) is 0 Å². The van der Waals surface area contributed by atoms with Gasteiger partial charge in [0.05, 0.1) is 5.41 Å². The highest BCUT2D eigenvalue weighted by Gasteiger charge is 2.59. The van der Waals surface area contributed by atoms with Crippen LogP contribution in [0.2, 0.25) is 18.1 Å². The fraction of sp³-hybridized carbons (Fsp3) is 0.500. The Labute approximate surface area is 187 Å². The molecule has 2 saturated heterocycles. The number of esters is 1. The molecule has 2 aromatic rings. The second-order valence-corrected chi connectivity index (χ2v) is 15.7. The predicted molar refractivity (Wildman–Crippen MR) is 126 cm³/mol.